The number of nitrogen functional groups attached to an aromatic ring is 1. The van der Waals surface area contributed by atoms with E-state index in [-0.39, 0.29) is 5.91 Å². The van der Waals surface area contributed by atoms with Crippen molar-refractivity contribution in [2.24, 2.45) is 5.92 Å². The van der Waals surface area contributed by atoms with E-state index in [0.29, 0.717) is 16.5 Å². The van der Waals surface area contributed by atoms with Gasteiger partial charge in [-0.25, -0.2) is 0 Å². The molecule has 0 radical (unpaired) electrons. The van der Waals surface area contributed by atoms with Gasteiger partial charge in [0, 0.05) is 16.6 Å². The van der Waals surface area contributed by atoms with Gasteiger partial charge in [0.2, 0.25) is 0 Å². The number of rotatable bonds is 3. The van der Waals surface area contributed by atoms with Crippen LogP contribution in [0, 0.1) is 12.8 Å². The second-order valence-corrected chi connectivity index (χ2v) is 6.76. The van der Waals surface area contributed by atoms with E-state index >= 15 is 0 Å². The smallest absolute Gasteiger partial charge is 0.263 e. The van der Waals surface area contributed by atoms with Crippen LogP contribution in [0.2, 0.25) is 0 Å². The molecule has 0 fully saturated rings. The number of anilines is 1. The zero-order valence-corrected chi connectivity index (χ0v) is 13.0. The van der Waals surface area contributed by atoms with E-state index < -0.39 is 0 Å². The SMILES string of the molecule is Cc1ccc2sc(C(=O)NCC3CC=CCC3)c(N)c2c1. The molecule has 0 saturated heterocycles. The summed E-state index contributed by atoms with van der Waals surface area (Å²) in [4.78, 5) is 13.0. The second-order valence-electron chi connectivity index (χ2n) is 5.70. The van der Waals surface area contributed by atoms with Crippen LogP contribution in [0.3, 0.4) is 0 Å². The van der Waals surface area contributed by atoms with E-state index in [9.17, 15) is 4.79 Å². The van der Waals surface area contributed by atoms with Crippen LogP contribution in [0.15, 0.2) is 30.4 Å². The number of fused-ring (bicyclic) bond motifs is 1. The fourth-order valence-electron chi connectivity index (χ4n) is 2.76. The normalized spacial score (nSPS) is 18.0. The van der Waals surface area contributed by atoms with Crippen LogP contribution in [0.5, 0.6) is 0 Å². The highest BCUT2D eigenvalue weighted by Gasteiger charge is 2.18. The number of aryl methyl sites for hydroxylation is 1. The maximum atomic E-state index is 12.4. The summed E-state index contributed by atoms with van der Waals surface area (Å²) >= 11 is 1.48. The van der Waals surface area contributed by atoms with Crippen LogP contribution in [-0.2, 0) is 0 Å². The first-order valence-corrected chi connectivity index (χ1v) is 8.18. The first kappa shape index (κ1) is 14.1. The van der Waals surface area contributed by atoms with Gasteiger partial charge < -0.3 is 11.1 Å². The Bertz CT molecular complexity index is 702. The van der Waals surface area contributed by atoms with Crippen LogP contribution >= 0.6 is 11.3 Å². The van der Waals surface area contributed by atoms with Gasteiger partial charge in [-0.1, -0.05) is 23.8 Å². The van der Waals surface area contributed by atoms with E-state index in [4.69, 9.17) is 5.73 Å². The summed E-state index contributed by atoms with van der Waals surface area (Å²) in [5.74, 6) is 0.512. The molecule has 0 bridgehead atoms. The summed E-state index contributed by atoms with van der Waals surface area (Å²) in [5, 5.41) is 4.03. The zero-order valence-electron chi connectivity index (χ0n) is 12.2. The van der Waals surface area contributed by atoms with Gasteiger partial charge in [-0.15, -0.1) is 11.3 Å². The lowest BCUT2D eigenvalue weighted by atomic mass is 9.94. The number of nitrogens with one attached hydrogen (secondary N) is 1. The monoisotopic (exact) mass is 300 g/mol. The fraction of sp³-hybridized carbons (Fsp3) is 0.353. The Morgan fingerprint density at radius 2 is 2.29 bits per heavy atom. The Morgan fingerprint density at radius 1 is 1.43 bits per heavy atom. The average Bonchev–Trinajstić information content (AvgIpc) is 2.83. The highest BCUT2D eigenvalue weighted by Crippen LogP contribution is 2.34. The average molecular weight is 300 g/mol. The van der Waals surface area contributed by atoms with Crippen molar-refractivity contribution in [3.8, 4) is 0 Å². The number of thiophene rings is 1. The van der Waals surface area contributed by atoms with Crippen molar-refractivity contribution < 1.29 is 4.79 Å². The summed E-state index contributed by atoms with van der Waals surface area (Å²) in [5.41, 5.74) is 7.93. The largest absolute Gasteiger partial charge is 0.397 e. The fourth-order valence-corrected chi connectivity index (χ4v) is 3.78. The van der Waals surface area contributed by atoms with E-state index in [1.807, 2.05) is 25.1 Å². The summed E-state index contributed by atoms with van der Waals surface area (Å²) < 4.78 is 1.07. The van der Waals surface area contributed by atoms with Crippen LogP contribution < -0.4 is 11.1 Å². The van der Waals surface area contributed by atoms with Gasteiger partial charge in [0.15, 0.2) is 0 Å². The maximum Gasteiger partial charge on any atom is 0.263 e. The minimum Gasteiger partial charge on any atom is -0.397 e. The van der Waals surface area contributed by atoms with Crippen LogP contribution in [-0.4, -0.2) is 12.5 Å². The molecule has 2 aromatic rings. The van der Waals surface area contributed by atoms with Crippen molar-refractivity contribution in [1.29, 1.82) is 0 Å². The van der Waals surface area contributed by atoms with Gasteiger partial charge in [0.25, 0.3) is 5.91 Å². The Kier molecular flexibility index (Phi) is 3.97. The third-order valence-corrected chi connectivity index (χ3v) is 5.20. The Balaban J connectivity index is 1.75. The molecule has 21 heavy (non-hydrogen) atoms. The Labute approximate surface area is 128 Å². The number of amides is 1. The molecule has 3 N–H and O–H groups in total. The van der Waals surface area contributed by atoms with E-state index in [1.54, 1.807) is 0 Å². The second kappa shape index (κ2) is 5.90. The van der Waals surface area contributed by atoms with Crippen molar-refractivity contribution in [2.45, 2.75) is 26.2 Å². The summed E-state index contributed by atoms with van der Waals surface area (Å²) in [6.07, 6.45) is 7.74. The van der Waals surface area contributed by atoms with Crippen molar-refractivity contribution >= 4 is 33.0 Å². The van der Waals surface area contributed by atoms with E-state index in [0.717, 1.165) is 41.5 Å². The van der Waals surface area contributed by atoms with Gasteiger partial charge in [0.1, 0.15) is 4.88 Å². The van der Waals surface area contributed by atoms with Crippen molar-refractivity contribution in [3.05, 3.63) is 40.8 Å². The first-order chi connectivity index (χ1) is 10.1. The number of hydrogen-bond donors (Lipinski definition) is 2. The number of nitrogens with two attached hydrogens (primary N) is 1. The van der Waals surface area contributed by atoms with Crippen molar-refractivity contribution in [1.82, 2.24) is 5.32 Å². The summed E-state index contributed by atoms with van der Waals surface area (Å²) in [7, 11) is 0. The third kappa shape index (κ3) is 2.95. The molecule has 3 nitrogen and oxygen atoms in total. The van der Waals surface area contributed by atoms with Crippen LogP contribution in [0.25, 0.3) is 10.1 Å². The molecule has 1 aromatic carbocycles. The quantitative estimate of drug-likeness (QED) is 0.845. The standard InChI is InChI=1S/C17H20N2OS/c1-11-7-8-14-13(9-11)15(18)16(21-14)17(20)19-10-12-5-3-2-4-6-12/h2-3,7-9,12H,4-6,10,18H2,1H3,(H,19,20). The molecular weight excluding hydrogens is 280 g/mol. The predicted molar refractivity (Wildman–Crippen MR) is 89.8 cm³/mol. The Hall–Kier alpha value is -1.81. The van der Waals surface area contributed by atoms with Gasteiger partial charge in [-0.05, 0) is 44.2 Å². The first-order valence-electron chi connectivity index (χ1n) is 7.37. The highest BCUT2D eigenvalue weighted by atomic mass is 32.1. The molecule has 1 aliphatic carbocycles. The lowest BCUT2D eigenvalue weighted by Gasteiger charge is -2.17. The molecule has 0 spiro atoms. The summed E-state index contributed by atoms with van der Waals surface area (Å²) in [6.45, 7) is 2.77. The van der Waals surface area contributed by atoms with Crippen molar-refractivity contribution in [2.75, 3.05) is 12.3 Å². The molecule has 1 unspecified atom stereocenters. The number of benzene rings is 1. The molecule has 3 rings (SSSR count). The third-order valence-electron chi connectivity index (χ3n) is 4.02. The van der Waals surface area contributed by atoms with Gasteiger partial charge in [-0.2, -0.15) is 0 Å². The zero-order chi connectivity index (χ0) is 14.8. The molecule has 4 heteroatoms. The lowest BCUT2D eigenvalue weighted by molar-refractivity contribution is 0.0951. The molecule has 110 valence electrons. The molecule has 1 aliphatic rings. The van der Waals surface area contributed by atoms with Crippen molar-refractivity contribution in [3.63, 3.8) is 0 Å². The molecule has 0 saturated carbocycles. The summed E-state index contributed by atoms with van der Waals surface area (Å²) in [6, 6.07) is 6.13. The van der Waals surface area contributed by atoms with Crippen LogP contribution in [0.4, 0.5) is 5.69 Å². The lowest BCUT2D eigenvalue weighted by Crippen LogP contribution is -2.29. The molecule has 1 amide bonds. The topological polar surface area (TPSA) is 55.1 Å². The maximum absolute atomic E-state index is 12.4. The highest BCUT2D eigenvalue weighted by molar-refractivity contribution is 7.21. The van der Waals surface area contributed by atoms with E-state index in [1.165, 1.54) is 11.3 Å². The number of carbonyl (C=O) groups excluding carboxylic acids is 1. The predicted octanol–water partition coefficient (Wildman–Crippen LogP) is 3.88. The number of carbonyl (C=O) groups is 1. The number of allylic oxidation sites excluding steroid dienone is 2. The minimum atomic E-state index is -0.0408. The molecule has 1 aromatic heterocycles. The molecule has 1 atom stereocenters. The van der Waals surface area contributed by atoms with Gasteiger partial charge >= 0.3 is 0 Å². The Morgan fingerprint density at radius 3 is 3.05 bits per heavy atom. The molecule has 0 aliphatic heterocycles. The number of hydrogen-bond acceptors (Lipinski definition) is 3. The molecular formula is C17H20N2OS. The van der Waals surface area contributed by atoms with Crippen LogP contribution in [0.1, 0.15) is 34.5 Å². The van der Waals surface area contributed by atoms with Gasteiger partial charge in [0.05, 0.1) is 5.69 Å². The molecule has 1 heterocycles. The minimum absolute atomic E-state index is 0.0408. The van der Waals surface area contributed by atoms with Gasteiger partial charge in [-0.3, -0.25) is 4.79 Å². The van der Waals surface area contributed by atoms with E-state index in [2.05, 4.69) is 17.5 Å².